The minimum atomic E-state index is -1.00. The van der Waals surface area contributed by atoms with Crippen LogP contribution in [0.1, 0.15) is 33.1 Å². The summed E-state index contributed by atoms with van der Waals surface area (Å²) < 4.78 is 9.48. The van der Waals surface area contributed by atoms with E-state index in [9.17, 15) is 14.7 Å². The van der Waals surface area contributed by atoms with Crippen LogP contribution in [0, 0.1) is 17.3 Å². The van der Waals surface area contributed by atoms with Crippen LogP contribution in [0.2, 0.25) is 0 Å². The molecule has 122 valence electrons. The number of aliphatic hydroxyl groups is 1. The number of hydrogen-bond acceptors (Lipinski definition) is 5. The number of methoxy groups -OCH3 is 2. The molecule has 0 heterocycles. The maximum atomic E-state index is 11.9. The first-order chi connectivity index (χ1) is 10.2. The minimum absolute atomic E-state index is 0.116. The van der Waals surface area contributed by atoms with Crippen LogP contribution in [0.4, 0.5) is 0 Å². The number of ether oxygens (including phenoxy) is 2. The molecule has 2 aliphatic rings. The molecule has 1 saturated carbocycles. The zero-order valence-electron chi connectivity index (χ0n) is 13.6. The van der Waals surface area contributed by atoms with Crippen molar-refractivity contribution in [2.45, 2.75) is 38.7 Å². The third-order valence-corrected chi connectivity index (χ3v) is 4.86. The Morgan fingerprint density at radius 3 is 2.36 bits per heavy atom. The lowest BCUT2D eigenvalue weighted by atomic mass is 9.63. The van der Waals surface area contributed by atoms with E-state index in [1.807, 2.05) is 25.2 Å². The molecule has 2 aliphatic carbocycles. The van der Waals surface area contributed by atoms with Crippen molar-refractivity contribution in [2.75, 3.05) is 14.2 Å². The van der Waals surface area contributed by atoms with Gasteiger partial charge in [-0.25, -0.2) is 0 Å². The highest BCUT2D eigenvalue weighted by atomic mass is 16.5. The number of fused-ring (bicyclic) bond motifs is 1. The number of hydrogen-bond donors (Lipinski definition) is 1. The molecular formula is C17H24O5. The van der Waals surface area contributed by atoms with E-state index in [0.717, 1.165) is 18.4 Å². The van der Waals surface area contributed by atoms with Gasteiger partial charge in [0.15, 0.2) is 5.92 Å². The highest BCUT2D eigenvalue weighted by Crippen LogP contribution is 2.48. The molecule has 1 fully saturated rings. The molecule has 22 heavy (non-hydrogen) atoms. The first-order valence-electron chi connectivity index (χ1n) is 7.51. The average molecular weight is 308 g/mol. The fourth-order valence-corrected chi connectivity index (χ4v) is 3.31. The maximum Gasteiger partial charge on any atom is 0.320 e. The second-order valence-electron chi connectivity index (χ2n) is 6.74. The van der Waals surface area contributed by atoms with E-state index in [1.165, 1.54) is 14.2 Å². The molecule has 0 saturated heterocycles. The van der Waals surface area contributed by atoms with Crippen molar-refractivity contribution in [2.24, 2.45) is 17.3 Å². The van der Waals surface area contributed by atoms with E-state index in [2.05, 4.69) is 6.92 Å². The fraction of sp³-hybridized carbons (Fsp3) is 0.647. The first-order valence-corrected chi connectivity index (χ1v) is 7.51. The van der Waals surface area contributed by atoms with Crippen LogP contribution in [-0.2, 0) is 19.1 Å². The molecule has 0 amide bonds. The highest BCUT2D eigenvalue weighted by Gasteiger charge is 2.43. The topological polar surface area (TPSA) is 72.8 Å². The Morgan fingerprint density at radius 1 is 1.23 bits per heavy atom. The Kier molecular flexibility index (Phi) is 4.47. The minimum Gasteiger partial charge on any atom is -0.468 e. The maximum absolute atomic E-state index is 11.9. The van der Waals surface area contributed by atoms with Gasteiger partial charge in [0.05, 0.1) is 19.8 Å². The lowest BCUT2D eigenvalue weighted by Crippen LogP contribution is -2.39. The summed E-state index contributed by atoms with van der Waals surface area (Å²) in [5, 5.41) is 10.3. The van der Waals surface area contributed by atoms with Gasteiger partial charge in [0, 0.05) is 11.3 Å². The third kappa shape index (κ3) is 3.09. The number of allylic oxidation sites excluding steroid dienone is 3. The lowest BCUT2D eigenvalue weighted by molar-refractivity contribution is -0.160. The van der Waals surface area contributed by atoms with Crippen LogP contribution in [0.25, 0.3) is 0 Å². The summed E-state index contributed by atoms with van der Waals surface area (Å²) in [5.74, 6) is -2.62. The fourth-order valence-electron chi connectivity index (χ4n) is 3.31. The van der Waals surface area contributed by atoms with E-state index >= 15 is 0 Å². The number of rotatable bonds is 3. The number of carbonyl (C=O) groups is 2. The quantitative estimate of drug-likeness (QED) is 0.490. The highest BCUT2D eigenvalue weighted by molar-refractivity contribution is 5.95. The van der Waals surface area contributed by atoms with Crippen LogP contribution < -0.4 is 0 Å². The molecule has 0 aromatic rings. The molecule has 5 nitrogen and oxygen atoms in total. The van der Waals surface area contributed by atoms with Crippen molar-refractivity contribution < 1.29 is 24.2 Å². The monoisotopic (exact) mass is 308 g/mol. The van der Waals surface area contributed by atoms with Gasteiger partial charge in [-0.05, 0) is 26.2 Å². The van der Waals surface area contributed by atoms with Crippen molar-refractivity contribution in [1.29, 1.82) is 0 Å². The molecule has 2 rings (SSSR count). The van der Waals surface area contributed by atoms with E-state index < -0.39 is 29.4 Å². The summed E-state index contributed by atoms with van der Waals surface area (Å²) in [6, 6.07) is 0. The molecule has 0 aromatic heterocycles. The lowest BCUT2D eigenvalue weighted by Gasteiger charge is -2.44. The number of carbonyl (C=O) groups excluding carboxylic acids is 2. The molecule has 0 aromatic carbocycles. The molecule has 0 radical (unpaired) electrons. The van der Waals surface area contributed by atoms with E-state index in [0.29, 0.717) is 6.42 Å². The van der Waals surface area contributed by atoms with E-state index in [1.54, 1.807) is 0 Å². The summed E-state index contributed by atoms with van der Waals surface area (Å²) in [5.41, 5.74) is 0.205. The predicted molar refractivity (Wildman–Crippen MR) is 80.8 cm³/mol. The van der Waals surface area contributed by atoms with Crippen molar-refractivity contribution in [3.8, 4) is 0 Å². The molecule has 0 aliphatic heterocycles. The van der Waals surface area contributed by atoms with Gasteiger partial charge < -0.3 is 14.6 Å². The summed E-state index contributed by atoms with van der Waals surface area (Å²) >= 11 is 0. The Bertz CT molecular complexity index is 515. The largest absolute Gasteiger partial charge is 0.468 e. The van der Waals surface area contributed by atoms with E-state index in [4.69, 9.17) is 9.47 Å². The molecule has 1 N–H and O–H groups in total. The van der Waals surface area contributed by atoms with Crippen LogP contribution >= 0.6 is 0 Å². The van der Waals surface area contributed by atoms with Gasteiger partial charge >= 0.3 is 11.9 Å². The number of esters is 2. The van der Waals surface area contributed by atoms with Crippen molar-refractivity contribution in [3.05, 3.63) is 23.8 Å². The summed E-state index contributed by atoms with van der Waals surface area (Å²) in [4.78, 5) is 23.9. The summed E-state index contributed by atoms with van der Waals surface area (Å²) in [6.07, 6.45) is 7.96. The van der Waals surface area contributed by atoms with Gasteiger partial charge in [-0.15, -0.1) is 0 Å². The van der Waals surface area contributed by atoms with Gasteiger partial charge in [-0.3, -0.25) is 9.59 Å². The Balaban J connectivity index is 2.33. The first kappa shape index (κ1) is 16.7. The van der Waals surface area contributed by atoms with Gasteiger partial charge in [0.2, 0.25) is 0 Å². The third-order valence-electron chi connectivity index (χ3n) is 4.86. The Hall–Kier alpha value is -1.62. The van der Waals surface area contributed by atoms with Gasteiger partial charge in [0.25, 0.3) is 0 Å². The zero-order chi connectivity index (χ0) is 16.5. The zero-order valence-corrected chi connectivity index (χ0v) is 13.6. The molecular weight excluding hydrogens is 284 g/mol. The predicted octanol–water partition coefficient (Wildman–Crippen LogP) is 2.00. The molecule has 3 atom stereocenters. The smallest absolute Gasteiger partial charge is 0.320 e. The van der Waals surface area contributed by atoms with Gasteiger partial charge in [-0.1, -0.05) is 30.7 Å². The second kappa shape index (κ2) is 5.88. The molecule has 0 bridgehead atoms. The van der Waals surface area contributed by atoms with Crippen molar-refractivity contribution in [1.82, 2.24) is 0 Å². The second-order valence-corrected chi connectivity index (χ2v) is 6.74. The van der Waals surface area contributed by atoms with Crippen LogP contribution in [0.5, 0.6) is 0 Å². The van der Waals surface area contributed by atoms with E-state index in [-0.39, 0.29) is 5.41 Å². The summed E-state index contributed by atoms with van der Waals surface area (Å²) in [7, 11) is 2.51. The standard InChI is InChI=1S/C17H24O5/c1-16-6-5-11(13(14(18)21-3)15(19)22-4)9-12(16)10-17(2,20)8-7-16/h5-6,9,11,13,20H,7-8,10H2,1-4H3/t11?,16-,17+/m0/s1. The van der Waals surface area contributed by atoms with Crippen molar-refractivity contribution >= 4 is 11.9 Å². The Morgan fingerprint density at radius 2 is 1.82 bits per heavy atom. The van der Waals surface area contributed by atoms with Gasteiger partial charge in [-0.2, -0.15) is 0 Å². The molecule has 5 heteroatoms. The Labute approximate surface area is 131 Å². The normalized spacial score (nSPS) is 33.9. The summed E-state index contributed by atoms with van der Waals surface area (Å²) in [6.45, 7) is 3.94. The average Bonchev–Trinajstić information content (AvgIpc) is 2.47. The SMILES string of the molecule is COC(=O)C(C(=O)OC)C1C=C[C@@]2(C)CC[C@@](C)(O)CC2=C1. The molecule has 0 spiro atoms. The van der Waals surface area contributed by atoms with Crippen LogP contribution in [-0.4, -0.2) is 36.9 Å². The van der Waals surface area contributed by atoms with Crippen molar-refractivity contribution in [3.63, 3.8) is 0 Å². The van der Waals surface area contributed by atoms with Crippen LogP contribution in [0.15, 0.2) is 23.8 Å². The molecule has 1 unspecified atom stereocenters. The van der Waals surface area contributed by atoms with Gasteiger partial charge in [0.1, 0.15) is 0 Å². The van der Waals surface area contributed by atoms with Crippen LogP contribution in [0.3, 0.4) is 0 Å².